The highest BCUT2D eigenvalue weighted by Gasteiger charge is 2.30. The molecule has 2 N–H and O–H groups in total. The fourth-order valence-electron chi connectivity index (χ4n) is 2.56. The molecular weight excluding hydrogens is 347 g/mol. The lowest BCUT2D eigenvalue weighted by Crippen LogP contribution is -2.17. The van der Waals surface area contributed by atoms with Gasteiger partial charge in [-0.1, -0.05) is 42.8 Å². The minimum absolute atomic E-state index is 0.243. The number of ether oxygens (including phenoxy) is 1. The summed E-state index contributed by atoms with van der Waals surface area (Å²) in [6.07, 6.45) is -0.970. The smallest absolute Gasteiger partial charge is 0.406 e. The quantitative estimate of drug-likeness (QED) is 0.398. The molecule has 0 saturated heterocycles. The zero-order valence-electron chi connectivity index (χ0n) is 14.1. The second-order valence-corrected chi connectivity index (χ2v) is 5.86. The third kappa shape index (κ3) is 6.76. The van der Waals surface area contributed by atoms with Gasteiger partial charge in [0.05, 0.1) is 0 Å². The summed E-state index contributed by atoms with van der Waals surface area (Å²) < 4.78 is 40.4. The Kier molecular flexibility index (Phi) is 7.03. The van der Waals surface area contributed by atoms with E-state index in [0.29, 0.717) is 6.42 Å². The molecule has 0 radical (unpaired) electrons. The van der Waals surface area contributed by atoms with E-state index in [4.69, 9.17) is 5.21 Å². The molecule has 0 saturated carbocycles. The van der Waals surface area contributed by atoms with Crippen LogP contribution in [0.25, 0.3) is 11.1 Å². The molecule has 0 aliphatic carbocycles. The van der Waals surface area contributed by atoms with Crippen LogP contribution in [0.2, 0.25) is 0 Å². The van der Waals surface area contributed by atoms with Crippen LogP contribution < -0.4 is 10.2 Å². The van der Waals surface area contributed by atoms with Crippen LogP contribution in [0, 0.1) is 0 Å². The summed E-state index contributed by atoms with van der Waals surface area (Å²) in [5.41, 5.74) is 4.47. The van der Waals surface area contributed by atoms with Crippen LogP contribution in [0.1, 0.15) is 31.2 Å². The SMILES string of the molecule is O=C(CCCCCc1ccc(-c2ccc(OC(F)(F)F)cc2)cc1)NO. The molecule has 0 aliphatic heterocycles. The molecule has 0 atom stereocenters. The zero-order valence-corrected chi connectivity index (χ0v) is 14.1. The lowest BCUT2D eigenvalue weighted by atomic mass is 10.0. The molecule has 2 aromatic rings. The fourth-order valence-corrected chi connectivity index (χ4v) is 2.56. The number of unbranched alkanes of at least 4 members (excludes halogenated alkanes) is 2. The first-order valence-corrected chi connectivity index (χ1v) is 8.25. The number of hydroxylamine groups is 1. The number of aryl methyl sites for hydroxylation is 1. The molecule has 1 amide bonds. The number of rotatable bonds is 8. The summed E-state index contributed by atoms with van der Waals surface area (Å²) in [5, 5.41) is 8.40. The lowest BCUT2D eigenvalue weighted by molar-refractivity contribution is -0.274. The molecule has 0 aliphatic rings. The summed E-state index contributed by atoms with van der Waals surface area (Å²) in [5.74, 6) is -0.617. The van der Waals surface area contributed by atoms with Crippen LogP contribution in [-0.4, -0.2) is 17.5 Å². The van der Waals surface area contributed by atoms with E-state index < -0.39 is 6.36 Å². The van der Waals surface area contributed by atoms with Crippen molar-refractivity contribution in [3.05, 3.63) is 54.1 Å². The van der Waals surface area contributed by atoms with Gasteiger partial charge in [-0.25, -0.2) is 5.48 Å². The normalized spacial score (nSPS) is 11.2. The monoisotopic (exact) mass is 367 g/mol. The Hall–Kier alpha value is -2.54. The minimum Gasteiger partial charge on any atom is -0.406 e. The van der Waals surface area contributed by atoms with Gasteiger partial charge in [-0.15, -0.1) is 13.2 Å². The number of hydrogen-bond donors (Lipinski definition) is 2. The summed E-state index contributed by atoms with van der Waals surface area (Å²) in [6, 6.07) is 13.6. The Bertz CT molecular complexity index is 697. The molecule has 2 rings (SSSR count). The van der Waals surface area contributed by atoms with Gasteiger partial charge in [0, 0.05) is 6.42 Å². The first-order valence-electron chi connectivity index (χ1n) is 8.25. The van der Waals surface area contributed by atoms with Crippen LogP contribution in [0.15, 0.2) is 48.5 Å². The molecule has 0 fully saturated rings. The maximum absolute atomic E-state index is 12.2. The maximum Gasteiger partial charge on any atom is 0.573 e. The summed E-state index contributed by atoms with van der Waals surface area (Å²) in [4.78, 5) is 10.9. The zero-order chi connectivity index (χ0) is 19.0. The van der Waals surface area contributed by atoms with E-state index in [-0.39, 0.29) is 11.7 Å². The first kappa shape index (κ1) is 19.8. The molecule has 0 spiro atoms. The highest BCUT2D eigenvalue weighted by molar-refractivity contribution is 5.74. The third-order valence-corrected chi connectivity index (χ3v) is 3.87. The largest absolute Gasteiger partial charge is 0.573 e. The Morgan fingerprint density at radius 3 is 2.04 bits per heavy atom. The average molecular weight is 367 g/mol. The van der Waals surface area contributed by atoms with Crippen molar-refractivity contribution < 1.29 is 27.9 Å². The van der Waals surface area contributed by atoms with Crippen molar-refractivity contribution in [2.45, 2.75) is 38.5 Å². The van der Waals surface area contributed by atoms with Gasteiger partial charge < -0.3 is 4.74 Å². The summed E-state index contributed by atoms with van der Waals surface area (Å²) in [7, 11) is 0. The molecule has 2 aromatic carbocycles. The number of carbonyl (C=O) groups excluding carboxylic acids is 1. The lowest BCUT2D eigenvalue weighted by Gasteiger charge is -2.09. The number of alkyl halides is 3. The van der Waals surface area contributed by atoms with Gasteiger partial charge in [0.1, 0.15) is 5.75 Å². The molecular formula is C19H20F3NO3. The Balaban J connectivity index is 1.84. The van der Waals surface area contributed by atoms with Crippen LogP contribution in [0.4, 0.5) is 13.2 Å². The predicted octanol–water partition coefficient (Wildman–Crippen LogP) is 4.86. The fraction of sp³-hybridized carbons (Fsp3) is 0.316. The molecule has 140 valence electrons. The molecule has 0 unspecified atom stereocenters. The molecule has 0 bridgehead atoms. The maximum atomic E-state index is 12.2. The van der Waals surface area contributed by atoms with Gasteiger partial charge in [0.15, 0.2) is 0 Å². The standard InChI is InChI=1S/C19H20F3NO3/c20-19(21,22)26-17-12-10-16(11-13-17)15-8-6-14(7-9-15)4-2-1-3-5-18(24)23-25/h6-13,25H,1-5H2,(H,23,24). The summed E-state index contributed by atoms with van der Waals surface area (Å²) >= 11 is 0. The Morgan fingerprint density at radius 2 is 1.50 bits per heavy atom. The summed E-state index contributed by atoms with van der Waals surface area (Å²) in [6.45, 7) is 0. The van der Waals surface area contributed by atoms with E-state index in [1.54, 1.807) is 17.6 Å². The second-order valence-electron chi connectivity index (χ2n) is 5.86. The molecule has 0 aromatic heterocycles. The minimum atomic E-state index is -4.69. The van der Waals surface area contributed by atoms with Gasteiger partial charge in [0.25, 0.3) is 0 Å². The van der Waals surface area contributed by atoms with E-state index in [2.05, 4.69) is 4.74 Å². The highest BCUT2D eigenvalue weighted by Crippen LogP contribution is 2.26. The number of halogens is 3. The van der Waals surface area contributed by atoms with Crippen molar-refractivity contribution >= 4 is 5.91 Å². The Labute approximate surface area is 149 Å². The highest BCUT2D eigenvalue weighted by atomic mass is 19.4. The average Bonchev–Trinajstić information content (AvgIpc) is 2.61. The van der Waals surface area contributed by atoms with Gasteiger partial charge in [0.2, 0.25) is 5.91 Å². The van der Waals surface area contributed by atoms with E-state index in [1.807, 2.05) is 24.3 Å². The van der Waals surface area contributed by atoms with Gasteiger partial charge in [-0.05, 0) is 48.1 Å². The number of hydrogen-bond acceptors (Lipinski definition) is 3. The van der Waals surface area contributed by atoms with Crippen molar-refractivity contribution in [3.8, 4) is 16.9 Å². The van der Waals surface area contributed by atoms with Crippen LogP contribution >= 0.6 is 0 Å². The third-order valence-electron chi connectivity index (χ3n) is 3.87. The molecule has 7 heteroatoms. The topological polar surface area (TPSA) is 58.6 Å². The predicted molar refractivity (Wildman–Crippen MR) is 90.7 cm³/mol. The molecule has 0 heterocycles. The Morgan fingerprint density at radius 1 is 0.923 bits per heavy atom. The number of amides is 1. The molecule has 4 nitrogen and oxygen atoms in total. The second kappa shape index (κ2) is 9.24. The first-order chi connectivity index (χ1) is 12.4. The van der Waals surface area contributed by atoms with Gasteiger partial charge in [-0.3, -0.25) is 10.0 Å². The van der Waals surface area contributed by atoms with Gasteiger partial charge in [-0.2, -0.15) is 0 Å². The van der Waals surface area contributed by atoms with Crippen molar-refractivity contribution in [2.75, 3.05) is 0 Å². The molecule has 26 heavy (non-hydrogen) atoms. The van der Waals surface area contributed by atoms with Crippen LogP contribution in [0.3, 0.4) is 0 Å². The van der Waals surface area contributed by atoms with Crippen LogP contribution in [-0.2, 0) is 11.2 Å². The van der Waals surface area contributed by atoms with E-state index in [9.17, 15) is 18.0 Å². The van der Waals surface area contributed by atoms with Crippen molar-refractivity contribution in [1.82, 2.24) is 5.48 Å². The van der Waals surface area contributed by atoms with Crippen molar-refractivity contribution in [2.24, 2.45) is 0 Å². The van der Waals surface area contributed by atoms with E-state index >= 15 is 0 Å². The number of nitrogens with one attached hydrogen (secondary N) is 1. The van der Waals surface area contributed by atoms with Crippen molar-refractivity contribution in [1.29, 1.82) is 0 Å². The number of benzene rings is 2. The van der Waals surface area contributed by atoms with E-state index in [0.717, 1.165) is 42.4 Å². The van der Waals surface area contributed by atoms with Gasteiger partial charge >= 0.3 is 6.36 Å². The van der Waals surface area contributed by atoms with E-state index in [1.165, 1.54) is 12.1 Å². The van der Waals surface area contributed by atoms with Crippen molar-refractivity contribution in [3.63, 3.8) is 0 Å². The number of carbonyl (C=O) groups is 1. The van der Waals surface area contributed by atoms with Crippen LogP contribution in [0.5, 0.6) is 5.75 Å².